The van der Waals surface area contributed by atoms with Gasteiger partial charge in [0.1, 0.15) is 5.69 Å². The van der Waals surface area contributed by atoms with E-state index >= 15 is 0 Å². The third-order valence-corrected chi connectivity index (χ3v) is 3.99. The second kappa shape index (κ2) is 8.08. The van der Waals surface area contributed by atoms with Crippen LogP contribution in [0.4, 0.5) is 0 Å². The van der Waals surface area contributed by atoms with Gasteiger partial charge in [0.25, 0.3) is 0 Å². The maximum Gasteiger partial charge on any atom is 0.180 e. The lowest BCUT2D eigenvalue weighted by Gasteiger charge is -2.11. The zero-order valence-electron chi connectivity index (χ0n) is 13.5. The summed E-state index contributed by atoms with van der Waals surface area (Å²) in [6.45, 7) is 4.64. The van der Waals surface area contributed by atoms with Gasteiger partial charge in [0.2, 0.25) is 0 Å². The smallest absolute Gasteiger partial charge is 0.180 e. The van der Waals surface area contributed by atoms with E-state index in [0.29, 0.717) is 11.9 Å². The standard InChI is InChI=1S/C17H23N5O/c1-13-11-14(5-3-10-23-12-15-6-2-7-18-15)16(22-21-13)17-19-8-4-9-20-17/h4,8-9,11,15,18H,2-3,5-7,10,12H2,1H3/t15-/m0/s1. The number of nitrogens with zero attached hydrogens (tertiary/aromatic N) is 4. The first-order chi connectivity index (χ1) is 11.3. The molecule has 0 saturated carbocycles. The Morgan fingerprint density at radius 2 is 2.13 bits per heavy atom. The summed E-state index contributed by atoms with van der Waals surface area (Å²) in [4.78, 5) is 8.57. The van der Waals surface area contributed by atoms with Gasteiger partial charge < -0.3 is 10.1 Å². The van der Waals surface area contributed by atoms with Crippen LogP contribution in [0.25, 0.3) is 11.5 Å². The molecule has 6 nitrogen and oxygen atoms in total. The summed E-state index contributed by atoms with van der Waals surface area (Å²) in [5, 5.41) is 11.9. The van der Waals surface area contributed by atoms with Crippen molar-refractivity contribution in [1.29, 1.82) is 0 Å². The lowest BCUT2D eigenvalue weighted by molar-refractivity contribution is 0.114. The molecule has 1 saturated heterocycles. The van der Waals surface area contributed by atoms with Gasteiger partial charge in [-0.3, -0.25) is 0 Å². The summed E-state index contributed by atoms with van der Waals surface area (Å²) in [5.74, 6) is 0.631. The topological polar surface area (TPSA) is 72.8 Å². The van der Waals surface area contributed by atoms with E-state index in [2.05, 4.69) is 31.5 Å². The Hall–Kier alpha value is -1.92. The fourth-order valence-corrected chi connectivity index (χ4v) is 2.83. The van der Waals surface area contributed by atoms with E-state index in [1.807, 2.05) is 6.92 Å². The van der Waals surface area contributed by atoms with Gasteiger partial charge in [-0.2, -0.15) is 5.10 Å². The van der Waals surface area contributed by atoms with Crippen LogP contribution in [0.1, 0.15) is 30.5 Å². The largest absolute Gasteiger partial charge is 0.380 e. The fourth-order valence-electron chi connectivity index (χ4n) is 2.83. The molecule has 0 aliphatic carbocycles. The van der Waals surface area contributed by atoms with Crippen LogP contribution in [0, 0.1) is 6.92 Å². The van der Waals surface area contributed by atoms with Crippen LogP contribution in [-0.2, 0) is 11.2 Å². The molecule has 122 valence electrons. The number of aryl methyl sites for hydroxylation is 2. The Morgan fingerprint density at radius 3 is 2.91 bits per heavy atom. The van der Waals surface area contributed by atoms with E-state index < -0.39 is 0 Å². The Balaban J connectivity index is 1.55. The molecule has 0 aromatic carbocycles. The second-order valence-corrected chi connectivity index (χ2v) is 5.90. The zero-order valence-corrected chi connectivity index (χ0v) is 13.5. The lowest BCUT2D eigenvalue weighted by atomic mass is 10.1. The van der Waals surface area contributed by atoms with Gasteiger partial charge in [-0.15, -0.1) is 5.10 Å². The fraction of sp³-hybridized carbons (Fsp3) is 0.529. The van der Waals surface area contributed by atoms with Crippen molar-refractivity contribution >= 4 is 0 Å². The van der Waals surface area contributed by atoms with Crippen LogP contribution in [-0.4, -0.2) is 46.0 Å². The van der Waals surface area contributed by atoms with Crippen molar-refractivity contribution in [2.24, 2.45) is 0 Å². The maximum atomic E-state index is 5.79. The van der Waals surface area contributed by atoms with E-state index in [1.54, 1.807) is 18.5 Å². The summed E-state index contributed by atoms with van der Waals surface area (Å²) in [6.07, 6.45) is 7.79. The molecule has 0 unspecified atom stereocenters. The van der Waals surface area contributed by atoms with Crippen LogP contribution < -0.4 is 5.32 Å². The van der Waals surface area contributed by atoms with Crippen molar-refractivity contribution in [3.63, 3.8) is 0 Å². The summed E-state index contributed by atoms with van der Waals surface area (Å²) in [7, 11) is 0. The third kappa shape index (κ3) is 4.53. The predicted octanol–water partition coefficient (Wildman–Crippen LogP) is 1.94. The van der Waals surface area contributed by atoms with Gasteiger partial charge in [-0.1, -0.05) is 0 Å². The number of hydrogen-bond acceptors (Lipinski definition) is 6. The van der Waals surface area contributed by atoms with Gasteiger partial charge in [-0.25, -0.2) is 9.97 Å². The minimum absolute atomic E-state index is 0.535. The van der Waals surface area contributed by atoms with Gasteiger partial charge >= 0.3 is 0 Å². The molecule has 3 rings (SSSR count). The monoisotopic (exact) mass is 313 g/mol. The van der Waals surface area contributed by atoms with Crippen molar-refractivity contribution in [1.82, 2.24) is 25.5 Å². The van der Waals surface area contributed by atoms with Crippen molar-refractivity contribution in [2.75, 3.05) is 19.8 Å². The number of hydrogen-bond donors (Lipinski definition) is 1. The number of aromatic nitrogens is 4. The summed E-state index contributed by atoms with van der Waals surface area (Å²) in [6, 6.07) is 4.40. The zero-order chi connectivity index (χ0) is 15.9. The first-order valence-corrected chi connectivity index (χ1v) is 8.24. The molecule has 1 aliphatic heterocycles. The van der Waals surface area contributed by atoms with Crippen LogP contribution >= 0.6 is 0 Å². The maximum absolute atomic E-state index is 5.79. The van der Waals surface area contributed by atoms with Crippen molar-refractivity contribution in [3.05, 3.63) is 35.8 Å². The molecule has 1 fully saturated rings. The first-order valence-electron chi connectivity index (χ1n) is 8.24. The van der Waals surface area contributed by atoms with E-state index in [9.17, 15) is 0 Å². The first kappa shape index (κ1) is 16.0. The number of nitrogens with one attached hydrogen (secondary N) is 1. The van der Waals surface area contributed by atoms with Gasteiger partial charge in [0.05, 0.1) is 12.3 Å². The van der Waals surface area contributed by atoms with Crippen molar-refractivity contribution in [2.45, 2.75) is 38.6 Å². The third-order valence-electron chi connectivity index (χ3n) is 3.99. The average Bonchev–Trinajstić information content (AvgIpc) is 3.09. The number of ether oxygens (including phenoxy) is 1. The van der Waals surface area contributed by atoms with E-state index in [0.717, 1.165) is 49.6 Å². The second-order valence-electron chi connectivity index (χ2n) is 5.90. The van der Waals surface area contributed by atoms with Crippen LogP contribution in [0.15, 0.2) is 24.5 Å². The highest BCUT2D eigenvalue weighted by Gasteiger charge is 2.14. The predicted molar refractivity (Wildman–Crippen MR) is 88.0 cm³/mol. The average molecular weight is 313 g/mol. The Labute approximate surface area is 136 Å². The van der Waals surface area contributed by atoms with Crippen LogP contribution in [0.5, 0.6) is 0 Å². The summed E-state index contributed by atoms with van der Waals surface area (Å²) < 4.78 is 5.79. The summed E-state index contributed by atoms with van der Waals surface area (Å²) >= 11 is 0. The molecule has 0 spiro atoms. The molecule has 1 atom stereocenters. The molecular formula is C17H23N5O. The summed E-state index contributed by atoms with van der Waals surface area (Å²) in [5.41, 5.74) is 2.82. The van der Waals surface area contributed by atoms with E-state index in [-0.39, 0.29) is 0 Å². The molecule has 6 heteroatoms. The number of rotatable bonds is 7. The molecule has 1 aliphatic rings. The van der Waals surface area contributed by atoms with Gasteiger partial charge in [0, 0.05) is 25.0 Å². The normalized spacial score (nSPS) is 17.5. The quantitative estimate of drug-likeness (QED) is 0.788. The Kier molecular flexibility index (Phi) is 5.60. The molecule has 23 heavy (non-hydrogen) atoms. The molecule has 0 amide bonds. The minimum Gasteiger partial charge on any atom is -0.380 e. The molecule has 1 N–H and O–H groups in total. The SMILES string of the molecule is Cc1cc(CCCOC[C@@H]2CCCN2)c(-c2ncccn2)nn1. The Morgan fingerprint density at radius 1 is 1.26 bits per heavy atom. The molecule has 0 radical (unpaired) electrons. The molecule has 0 bridgehead atoms. The molecule has 2 aromatic heterocycles. The molecular weight excluding hydrogens is 290 g/mol. The van der Waals surface area contributed by atoms with E-state index in [4.69, 9.17) is 4.74 Å². The van der Waals surface area contributed by atoms with Crippen LogP contribution in [0.3, 0.4) is 0 Å². The Bertz CT molecular complexity index is 614. The highest BCUT2D eigenvalue weighted by atomic mass is 16.5. The van der Waals surface area contributed by atoms with Crippen molar-refractivity contribution in [3.8, 4) is 11.5 Å². The minimum atomic E-state index is 0.535. The highest BCUT2D eigenvalue weighted by Crippen LogP contribution is 2.18. The molecule has 3 heterocycles. The van der Waals surface area contributed by atoms with E-state index in [1.165, 1.54) is 12.8 Å². The molecule has 2 aromatic rings. The highest BCUT2D eigenvalue weighted by molar-refractivity contribution is 5.53. The van der Waals surface area contributed by atoms with Gasteiger partial charge in [-0.05, 0) is 56.8 Å². The van der Waals surface area contributed by atoms with Crippen molar-refractivity contribution < 1.29 is 4.74 Å². The van der Waals surface area contributed by atoms with Crippen LogP contribution in [0.2, 0.25) is 0 Å². The van der Waals surface area contributed by atoms with Gasteiger partial charge in [0.15, 0.2) is 5.82 Å². The lowest BCUT2D eigenvalue weighted by Crippen LogP contribution is -2.26.